The molecule has 0 unspecified atom stereocenters. The van der Waals surface area contributed by atoms with Gasteiger partial charge in [-0.15, -0.1) is 22.7 Å². The van der Waals surface area contributed by atoms with Crippen LogP contribution in [0.25, 0.3) is 21.3 Å². The van der Waals surface area contributed by atoms with Crippen LogP contribution >= 0.6 is 22.7 Å². The van der Waals surface area contributed by atoms with Gasteiger partial charge in [0.2, 0.25) is 17.6 Å². The number of aromatic nitrogens is 4. The van der Waals surface area contributed by atoms with Crippen molar-refractivity contribution in [3.05, 3.63) is 59.0 Å². The SMILES string of the molecule is O=C(Cc1csc(-c2cccnc2)n1)N1CCN(Cc2nc(-c3cccs3)no2)CC1. The molecule has 0 N–H and O–H groups in total. The Morgan fingerprint density at radius 2 is 2.00 bits per heavy atom. The van der Waals surface area contributed by atoms with Crippen LogP contribution in [0.5, 0.6) is 0 Å². The Balaban J connectivity index is 1.12. The lowest BCUT2D eigenvalue weighted by atomic mass is 10.2. The van der Waals surface area contributed by atoms with Gasteiger partial charge < -0.3 is 9.42 Å². The van der Waals surface area contributed by atoms with Crippen molar-refractivity contribution in [1.82, 2.24) is 29.9 Å². The van der Waals surface area contributed by atoms with Crippen LogP contribution in [0.3, 0.4) is 0 Å². The van der Waals surface area contributed by atoms with Crippen molar-refractivity contribution in [3.8, 4) is 21.3 Å². The molecule has 0 radical (unpaired) electrons. The predicted molar refractivity (Wildman–Crippen MR) is 119 cm³/mol. The lowest BCUT2D eigenvalue weighted by Gasteiger charge is -2.33. The molecule has 1 aliphatic rings. The topological polar surface area (TPSA) is 88.3 Å². The van der Waals surface area contributed by atoms with Gasteiger partial charge in [-0.3, -0.25) is 14.7 Å². The number of piperazine rings is 1. The normalized spacial score (nSPS) is 14.8. The molecule has 0 saturated carbocycles. The van der Waals surface area contributed by atoms with E-state index in [1.165, 1.54) is 0 Å². The molecule has 1 saturated heterocycles. The number of carbonyl (C=O) groups is 1. The van der Waals surface area contributed by atoms with Gasteiger partial charge in [0.1, 0.15) is 5.01 Å². The lowest BCUT2D eigenvalue weighted by molar-refractivity contribution is -0.132. The van der Waals surface area contributed by atoms with Gasteiger partial charge in [-0.1, -0.05) is 11.2 Å². The maximum Gasteiger partial charge on any atom is 0.241 e. The lowest BCUT2D eigenvalue weighted by Crippen LogP contribution is -2.48. The van der Waals surface area contributed by atoms with Crippen LogP contribution in [0, 0.1) is 0 Å². The molecule has 0 atom stereocenters. The second-order valence-corrected chi connectivity index (χ2v) is 9.01. The third-order valence-electron chi connectivity index (χ3n) is 5.09. The van der Waals surface area contributed by atoms with Crippen molar-refractivity contribution in [3.63, 3.8) is 0 Å². The van der Waals surface area contributed by atoms with Crippen LogP contribution in [0.1, 0.15) is 11.6 Å². The highest BCUT2D eigenvalue weighted by atomic mass is 32.1. The van der Waals surface area contributed by atoms with Gasteiger partial charge in [-0.2, -0.15) is 4.98 Å². The van der Waals surface area contributed by atoms with Crippen molar-refractivity contribution >= 4 is 28.6 Å². The van der Waals surface area contributed by atoms with E-state index in [2.05, 4.69) is 25.0 Å². The van der Waals surface area contributed by atoms with Gasteiger partial charge in [0.15, 0.2) is 0 Å². The molecule has 0 aliphatic carbocycles. The van der Waals surface area contributed by atoms with Crippen LogP contribution in [-0.4, -0.2) is 62.0 Å². The van der Waals surface area contributed by atoms with E-state index >= 15 is 0 Å². The number of hydrogen-bond acceptors (Lipinski definition) is 9. The van der Waals surface area contributed by atoms with Crippen molar-refractivity contribution in [2.24, 2.45) is 0 Å². The van der Waals surface area contributed by atoms with E-state index < -0.39 is 0 Å². The summed E-state index contributed by atoms with van der Waals surface area (Å²) in [6.45, 7) is 3.52. The van der Waals surface area contributed by atoms with Crippen molar-refractivity contribution in [2.75, 3.05) is 26.2 Å². The Morgan fingerprint density at radius 3 is 2.77 bits per heavy atom. The van der Waals surface area contributed by atoms with Crippen molar-refractivity contribution in [2.45, 2.75) is 13.0 Å². The fourth-order valence-electron chi connectivity index (χ4n) is 3.45. The molecule has 4 aromatic rings. The Hall–Kier alpha value is -2.95. The van der Waals surface area contributed by atoms with Crippen molar-refractivity contribution in [1.29, 1.82) is 0 Å². The van der Waals surface area contributed by atoms with E-state index in [0.717, 1.165) is 34.2 Å². The summed E-state index contributed by atoms with van der Waals surface area (Å²) in [6.07, 6.45) is 3.85. The number of thiophene rings is 1. The Labute approximate surface area is 187 Å². The van der Waals surface area contributed by atoms with E-state index in [1.807, 2.05) is 39.9 Å². The molecule has 1 fully saturated rings. The van der Waals surface area contributed by atoms with Gasteiger partial charge in [0, 0.05) is 49.5 Å². The first-order chi connectivity index (χ1) is 15.2. The first-order valence-corrected chi connectivity index (χ1v) is 11.7. The summed E-state index contributed by atoms with van der Waals surface area (Å²) in [5.74, 6) is 1.35. The first kappa shape index (κ1) is 20.0. The summed E-state index contributed by atoms with van der Waals surface area (Å²) in [5.41, 5.74) is 1.78. The van der Waals surface area contributed by atoms with Crippen LogP contribution in [0.4, 0.5) is 0 Å². The number of hydrogen-bond donors (Lipinski definition) is 0. The minimum Gasteiger partial charge on any atom is -0.340 e. The molecule has 4 aromatic heterocycles. The molecule has 1 amide bonds. The van der Waals surface area contributed by atoms with Gasteiger partial charge >= 0.3 is 0 Å². The zero-order valence-corrected chi connectivity index (χ0v) is 18.3. The number of carbonyl (C=O) groups excluding carboxylic acids is 1. The summed E-state index contributed by atoms with van der Waals surface area (Å²) in [5, 5.41) is 8.90. The van der Waals surface area contributed by atoms with Gasteiger partial charge in [-0.05, 0) is 23.6 Å². The molecule has 0 spiro atoms. The van der Waals surface area contributed by atoms with E-state index in [1.54, 1.807) is 35.1 Å². The molecule has 5 heterocycles. The van der Waals surface area contributed by atoms with E-state index in [9.17, 15) is 4.79 Å². The third kappa shape index (κ3) is 4.71. The number of rotatable bonds is 6. The average Bonchev–Trinajstić information content (AvgIpc) is 3.57. The molecule has 5 rings (SSSR count). The number of amides is 1. The maximum atomic E-state index is 12.7. The average molecular weight is 453 g/mol. The number of pyridine rings is 1. The van der Waals surface area contributed by atoms with Crippen LogP contribution in [0.2, 0.25) is 0 Å². The van der Waals surface area contributed by atoms with Crippen LogP contribution < -0.4 is 0 Å². The smallest absolute Gasteiger partial charge is 0.241 e. The summed E-state index contributed by atoms with van der Waals surface area (Å²) < 4.78 is 5.40. The van der Waals surface area contributed by atoms with Gasteiger partial charge in [0.05, 0.1) is 23.5 Å². The standard InChI is InChI=1S/C21H20N6O2S2/c28-19(11-16-14-31-21(23-16)15-3-1-5-22-12-15)27-8-6-26(7-9-27)13-18-24-20(25-29-18)17-4-2-10-30-17/h1-5,10,12,14H,6-9,11,13H2. The molecule has 10 heteroatoms. The Morgan fingerprint density at radius 1 is 1.10 bits per heavy atom. The molecule has 158 valence electrons. The third-order valence-corrected chi connectivity index (χ3v) is 6.89. The summed E-state index contributed by atoms with van der Waals surface area (Å²) in [4.78, 5) is 31.1. The number of thiazole rings is 1. The zero-order valence-electron chi connectivity index (χ0n) is 16.7. The molecular formula is C21H20N6O2S2. The summed E-state index contributed by atoms with van der Waals surface area (Å²) in [7, 11) is 0. The molecular weight excluding hydrogens is 432 g/mol. The first-order valence-electron chi connectivity index (χ1n) is 9.96. The minimum absolute atomic E-state index is 0.112. The molecule has 8 nitrogen and oxygen atoms in total. The largest absolute Gasteiger partial charge is 0.340 e. The van der Waals surface area contributed by atoms with Crippen LogP contribution in [-0.2, 0) is 17.8 Å². The van der Waals surface area contributed by atoms with Crippen LogP contribution in [0.15, 0.2) is 51.9 Å². The van der Waals surface area contributed by atoms with E-state index in [4.69, 9.17) is 4.52 Å². The van der Waals surface area contributed by atoms with Gasteiger partial charge in [0.25, 0.3) is 0 Å². The number of nitrogens with zero attached hydrogens (tertiary/aromatic N) is 6. The molecule has 1 aliphatic heterocycles. The predicted octanol–water partition coefficient (Wildman–Crippen LogP) is 3.20. The maximum absolute atomic E-state index is 12.7. The van der Waals surface area contributed by atoms with E-state index in [0.29, 0.717) is 37.8 Å². The van der Waals surface area contributed by atoms with Gasteiger partial charge in [-0.25, -0.2) is 4.98 Å². The monoisotopic (exact) mass is 452 g/mol. The summed E-state index contributed by atoms with van der Waals surface area (Å²) in [6, 6.07) is 7.81. The molecule has 0 bridgehead atoms. The fraction of sp³-hybridized carbons (Fsp3) is 0.286. The second kappa shape index (κ2) is 9.04. The summed E-state index contributed by atoms with van der Waals surface area (Å²) >= 11 is 3.13. The minimum atomic E-state index is 0.112. The fourth-order valence-corrected chi connectivity index (χ4v) is 4.91. The van der Waals surface area contributed by atoms with Crippen molar-refractivity contribution < 1.29 is 9.32 Å². The second-order valence-electron chi connectivity index (χ2n) is 7.21. The highest BCUT2D eigenvalue weighted by Gasteiger charge is 2.23. The zero-order chi connectivity index (χ0) is 21.0. The molecule has 31 heavy (non-hydrogen) atoms. The highest BCUT2D eigenvalue weighted by molar-refractivity contribution is 7.13. The molecule has 0 aromatic carbocycles. The van der Waals surface area contributed by atoms with E-state index in [-0.39, 0.29) is 5.91 Å². The highest BCUT2D eigenvalue weighted by Crippen LogP contribution is 2.24. The Kier molecular flexibility index (Phi) is 5.83. The Bertz CT molecular complexity index is 1130. The quantitative estimate of drug-likeness (QED) is 0.444.